The third-order valence-corrected chi connectivity index (χ3v) is 2.50. The van der Waals surface area contributed by atoms with E-state index in [4.69, 9.17) is 20.0 Å². The van der Waals surface area contributed by atoms with Crippen LogP contribution in [0.15, 0.2) is 16.7 Å². The van der Waals surface area contributed by atoms with E-state index in [2.05, 4.69) is 0 Å². The van der Waals surface area contributed by atoms with Crippen molar-refractivity contribution in [3.05, 3.63) is 23.7 Å². The van der Waals surface area contributed by atoms with Crippen LogP contribution in [0.1, 0.15) is 29.0 Å². The summed E-state index contributed by atoms with van der Waals surface area (Å²) in [5.41, 5.74) is 3.88. The first-order valence-corrected chi connectivity index (χ1v) is 5.28. The summed E-state index contributed by atoms with van der Waals surface area (Å²) in [7, 11) is 1.43. The Morgan fingerprint density at radius 2 is 2.35 bits per heavy atom. The van der Waals surface area contributed by atoms with Gasteiger partial charge in [0.2, 0.25) is 0 Å². The maximum Gasteiger partial charge on any atom is 0.339 e. The Morgan fingerprint density at radius 1 is 1.65 bits per heavy atom. The summed E-state index contributed by atoms with van der Waals surface area (Å²) < 4.78 is 10.0. The van der Waals surface area contributed by atoms with Crippen LogP contribution < -0.4 is 5.73 Å². The minimum Gasteiger partial charge on any atom is -0.478 e. The molecule has 0 aromatic carbocycles. The van der Waals surface area contributed by atoms with E-state index in [1.165, 1.54) is 19.4 Å². The number of furan rings is 1. The van der Waals surface area contributed by atoms with Gasteiger partial charge >= 0.3 is 5.97 Å². The van der Waals surface area contributed by atoms with Crippen LogP contribution in [0.4, 0.5) is 0 Å². The number of hydrogen-bond donors (Lipinski definition) is 3. The van der Waals surface area contributed by atoms with Crippen LogP contribution in [0, 0.1) is 0 Å². The molecule has 6 heteroatoms. The van der Waals surface area contributed by atoms with E-state index in [1.807, 2.05) is 0 Å². The Balaban J connectivity index is 3.03. The SMILES string of the molecule is COCC(O)(CCCN)c1occc1C(=O)O. The summed E-state index contributed by atoms with van der Waals surface area (Å²) in [6, 6.07) is 1.31. The molecule has 0 bridgehead atoms. The van der Waals surface area contributed by atoms with E-state index in [9.17, 15) is 9.90 Å². The lowest BCUT2D eigenvalue weighted by atomic mass is 9.93. The Bertz CT molecular complexity index is 376. The van der Waals surface area contributed by atoms with Crippen LogP contribution in [-0.4, -0.2) is 36.4 Å². The van der Waals surface area contributed by atoms with Crippen LogP contribution in [0.3, 0.4) is 0 Å². The highest BCUT2D eigenvalue weighted by Crippen LogP contribution is 2.30. The van der Waals surface area contributed by atoms with Crippen molar-refractivity contribution in [3.63, 3.8) is 0 Å². The summed E-state index contributed by atoms with van der Waals surface area (Å²) in [6.45, 7) is 0.357. The zero-order chi connectivity index (χ0) is 12.9. The van der Waals surface area contributed by atoms with Gasteiger partial charge in [0.15, 0.2) is 5.76 Å². The van der Waals surface area contributed by atoms with Crippen molar-refractivity contribution in [2.75, 3.05) is 20.3 Å². The maximum absolute atomic E-state index is 11.0. The molecule has 1 atom stereocenters. The second kappa shape index (κ2) is 5.81. The van der Waals surface area contributed by atoms with Crippen molar-refractivity contribution >= 4 is 5.97 Å². The van der Waals surface area contributed by atoms with Crippen molar-refractivity contribution in [2.24, 2.45) is 5.73 Å². The molecule has 0 saturated heterocycles. The van der Waals surface area contributed by atoms with Gasteiger partial charge in [0.05, 0.1) is 12.9 Å². The molecule has 0 spiro atoms. The second-order valence-corrected chi connectivity index (χ2v) is 3.83. The molecule has 1 aromatic rings. The first-order chi connectivity index (χ1) is 8.05. The molecule has 1 heterocycles. The molecular weight excluding hydrogens is 226 g/mol. The van der Waals surface area contributed by atoms with Gasteiger partial charge in [-0.05, 0) is 25.5 Å². The van der Waals surface area contributed by atoms with Crippen LogP contribution in [0.2, 0.25) is 0 Å². The monoisotopic (exact) mass is 243 g/mol. The van der Waals surface area contributed by atoms with Crippen molar-refractivity contribution in [2.45, 2.75) is 18.4 Å². The third-order valence-electron chi connectivity index (χ3n) is 2.50. The molecule has 17 heavy (non-hydrogen) atoms. The van der Waals surface area contributed by atoms with Crippen molar-refractivity contribution in [1.82, 2.24) is 0 Å². The molecule has 0 amide bonds. The minimum atomic E-state index is -1.45. The highest BCUT2D eigenvalue weighted by molar-refractivity contribution is 5.89. The molecule has 4 N–H and O–H groups in total. The highest BCUT2D eigenvalue weighted by Gasteiger charge is 2.36. The molecular formula is C11H17NO5. The predicted octanol–water partition coefficient (Wildman–Crippen LogP) is 0.551. The van der Waals surface area contributed by atoms with Gasteiger partial charge in [-0.25, -0.2) is 4.79 Å². The molecule has 0 saturated carbocycles. The number of ether oxygens (including phenoxy) is 1. The Kier molecular flexibility index (Phi) is 4.68. The summed E-state index contributed by atoms with van der Waals surface area (Å²) in [4.78, 5) is 11.0. The Labute approximate surface area is 99.0 Å². The van der Waals surface area contributed by atoms with Crippen LogP contribution in [0.25, 0.3) is 0 Å². The first-order valence-electron chi connectivity index (χ1n) is 5.28. The van der Waals surface area contributed by atoms with Gasteiger partial charge in [-0.15, -0.1) is 0 Å². The van der Waals surface area contributed by atoms with Gasteiger partial charge in [0, 0.05) is 7.11 Å². The number of rotatable bonds is 7. The number of carbonyl (C=O) groups is 1. The molecule has 1 unspecified atom stereocenters. The van der Waals surface area contributed by atoms with Crippen LogP contribution >= 0.6 is 0 Å². The lowest BCUT2D eigenvalue weighted by molar-refractivity contribution is -0.0583. The van der Waals surface area contributed by atoms with Crippen LogP contribution in [-0.2, 0) is 10.3 Å². The number of carboxylic acid groups (broad SMARTS) is 1. The van der Waals surface area contributed by atoms with Gasteiger partial charge in [0.1, 0.15) is 11.2 Å². The largest absolute Gasteiger partial charge is 0.478 e. The fourth-order valence-corrected chi connectivity index (χ4v) is 1.72. The Hall–Kier alpha value is -1.37. The van der Waals surface area contributed by atoms with E-state index in [0.717, 1.165) is 0 Å². The van der Waals surface area contributed by atoms with E-state index in [1.54, 1.807) is 0 Å². The average molecular weight is 243 g/mol. The normalized spacial score (nSPS) is 14.5. The van der Waals surface area contributed by atoms with Gasteiger partial charge in [-0.2, -0.15) is 0 Å². The minimum absolute atomic E-state index is 0.0142. The van der Waals surface area contributed by atoms with Gasteiger partial charge in [-0.1, -0.05) is 0 Å². The van der Waals surface area contributed by atoms with E-state index in [-0.39, 0.29) is 24.4 Å². The smallest absolute Gasteiger partial charge is 0.339 e. The highest BCUT2D eigenvalue weighted by atomic mass is 16.5. The average Bonchev–Trinajstić information content (AvgIpc) is 2.76. The molecule has 0 radical (unpaired) electrons. The summed E-state index contributed by atoms with van der Waals surface area (Å²) in [5.74, 6) is -1.13. The number of nitrogens with two attached hydrogens (primary N) is 1. The van der Waals surface area contributed by atoms with Crippen molar-refractivity contribution in [3.8, 4) is 0 Å². The molecule has 0 aliphatic heterocycles. The van der Waals surface area contributed by atoms with Crippen molar-refractivity contribution < 1.29 is 24.2 Å². The lowest BCUT2D eigenvalue weighted by Crippen LogP contribution is -2.33. The fourth-order valence-electron chi connectivity index (χ4n) is 1.72. The second-order valence-electron chi connectivity index (χ2n) is 3.83. The number of aromatic carboxylic acids is 1. The first kappa shape index (κ1) is 13.7. The molecule has 96 valence electrons. The zero-order valence-electron chi connectivity index (χ0n) is 9.68. The Morgan fingerprint density at radius 3 is 2.88 bits per heavy atom. The van der Waals surface area contributed by atoms with Gasteiger partial charge < -0.3 is 25.1 Å². The number of hydrogen-bond acceptors (Lipinski definition) is 5. The summed E-state index contributed by atoms with van der Waals surface area (Å²) in [6.07, 6.45) is 2.06. The van der Waals surface area contributed by atoms with E-state index < -0.39 is 11.6 Å². The maximum atomic E-state index is 11.0. The molecule has 0 fully saturated rings. The van der Waals surface area contributed by atoms with E-state index in [0.29, 0.717) is 13.0 Å². The third kappa shape index (κ3) is 3.06. The zero-order valence-corrected chi connectivity index (χ0v) is 9.68. The number of methoxy groups -OCH3 is 1. The summed E-state index contributed by atoms with van der Waals surface area (Å²) in [5, 5.41) is 19.4. The number of carboxylic acids is 1. The molecule has 1 rings (SSSR count). The molecule has 6 nitrogen and oxygen atoms in total. The fraction of sp³-hybridized carbons (Fsp3) is 0.545. The topological polar surface area (TPSA) is 106 Å². The predicted molar refractivity (Wildman–Crippen MR) is 59.7 cm³/mol. The quantitative estimate of drug-likeness (QED) is 0.645. The molecule has 1 aromatic heterocycles. The lowest BCUT2D eigenvalue weighted by Gasteiger charge is -2.25. The van der Waals surface area contributed by atoms with Crippen LogP contribution in [0.5, 0.6) is 0 Å². The number of aliphatic hydroxyl groups is 1. The molecule has 0 aliphatic carbocycles. The molecule has 0 aliphatic rings. The van der Waals surface area contributed by atoms with E-state index >= 15 is 0 Å². The van der Waals surface area contributed by atoms with Gasteiger partial charge in [0.25, 0.3) is 0 Å². The van der Waals surface area contributed by atoms with Gasteiger partial charge in [-0.3, -0.25) is 0 Å². The standard InChI is InChI=1S/C11H17NO5/c1-16-7-11(15,4-2-5-12)9-8(10(13)14)3-6-17-9/h3,6,15H,2,4-5,7,12H2,1H3,(H,13,14). The summed E-state index contributed by atoms with van der Waals surface area (Å²) >= 11 is 0. The van der Waals surface area contributed by atoms with Crippen molar-refractivity contribution in [1.29, 1.82) is 0 Å².